The molecule has 0 heterocycles. The lowest BCUT2D eigenvalue weighted by molar-refractivity contribution is 1.52. The maximum Gasteiger partial charge on any atom is 0.0384 e. The van der Waals surface area contributed by atoms with Crippen LogP contribution in [0.4, 0.5) is 11.4 Å². The van der Waals surface area contributed by atoms with Gasteiger partial charge in [0.05, 0.1) is 0 Å². The molecule has 0 aliphatic carbocycles. The number of allylic oxidation sites excluding steroid dienone is 4. The third-order valence-electron chi connectivity index (χ3n) is 8.76. The molecule has 1 nitrogen and oxygen atoms in total. The molecule has 7 aromatic carbocycles. The zero-order chi connectivity index (χ0) is 33.4. The predicted molar refractivity (Wildman–Crippen MR) is 212 cm³/mol. The van der Waals surface area contributed by atoms with Crippen LogP contribution in [0.2, 0.25) is 0 Å². The van der Waals surface area contributed by atoms with E-state index in [0.717, 1.165) is 39.2 Å². The lowest BCUT2D eigenvalue weighted by atomic mass is 9.93. The van der Waals surface area contributed by atoms with E-state index >= 15 is 0 Å². The molecule has 0 atom stereocenters. The molecule has 1 N–H and O–H groups in total. The molecule has 49 heavy (non-hydrogen) atoms. The van der Waals surface area contributed by atoms with Crippen molar-refractivity contribution in [1.29, 1.82) is 0 Å². The maximum atomic E-state index is 4.04. The molecule has 0 spiro atoms. The highest BCUT2D eigenvalue weighted by atomic mass is 14.9. The van der Waals surface area contributed by atoms with Crippen LogP contribution in [-0.2, 0) is 0 Å². The summed E-state index contributed by atoms with van der Waals surface area (Å²) in [5.74, 6) is 0. The number of rotatable bonds is 10. The average molecular weight is 628 g/mol. The van der Waals surface area contributed by atoms with Crippen LogP contribution in [0.15, 0.2) is 207 Å². The summed E-state index contributed by atoms with van der Waals surface area (Å²) < 4.78 is 0. The summed E-state index contributed by atoms with van der Waals surface area (Å²) in [7, 11) is 0. The highest BCUT2D eigenvalue weighted by Crippen LogP contribution is 2.35. The van der Waals surface area contributed by atoms with Gasteiger partial charge in [0.1, 0.15) is 0 Å². The highest BCUT2D eigenvalue weighted by Gasteiger charge is 2.10. The van der Waals surface area contributed by atoms with Crippen molar-refractivity contribution in [3.8, 4) is 55.6 Å². The largest absolute Gasteiger partial charge is 0.356 e. The molecule has 0 radical (unpaired) electrons. The van der Waals surface area contributed by atoms with E-state index in [9.17, 15) is 0 Å². The Morgan fingerprint density at radius 2 is 0.694 bits per heavy atom. The first-order valence-corrected chi connectivity index (χ1v) is 16.6. The minimum absolute atomic E-state index is 1.03. The Hall–Kier alpha value is -6.44. The van der Waals surface area contributed by atoms with Crippen LogP contribution in [0.3, 0.4) is 0 Å². The molecular weight excluding hydrogens is 591 g/mol. The van der Waals surface area contributed by atoms with Crippen LogP contribution in [0.25, 0.3) is 61.2 Å². The fraction of sp³-hybridized carbons (Fsp3) is 0. The first-order valence-electron chi connectivity index (χ1n) is 16.6. The summed E-state index contributed by atoms with van der Waals surface area (Å²) in [5.41, 5.74) is 16.1. The summed E-state index contributed by atoms with van der Waals surface area (Å²) in [5, 5.41) is 3.59. The Bertz CT molecular complexity index is 2170. The molecule has 0 aliphatic rings. The van der Waals surface area contributed by atoms with E-state index in [1.54, 1.807) is 0 Å². The van der Waals surface area contributed by atoms with Gasteiger partial charge in [-0.25, -0.2) is 0 Å². The Balaban J connectivity index is 1.15. The van der Waals surface area contributed by atoms with E-state index in [1.807, 2.05) is 24.3 Å². The van der Waals surface area contributed by atoms with Crippen LogP contribution < -0.4 is 5.32 Å². The van der Waals surface area contributed by atoms with Crippen molar-refractivity contribution < 1.29 is 0 Å². The van der Waals surface area contributed by atoms with Gasteiger partial charge >= 0.3 is 0 Å². The topological polar surface area (TPSA) is 12.0 Å². The van der Waals surface area contributed by atoms with E-state index in [2.05, 4.69) is 188 Å². The normalized spacial score (nSPS) is 11.1. The second-order valence-electron chi connectivity index (χ2n) is 12.0. The molecular formula is C48H37N. The van der Waals surface area contributed by atoms with Crippen molar-refractivity contribution in [3.05, 3.63) is 213 Å². The Kier molecular flexibility index (Phi) is 9.25. The van der Waals surface area contributed by atoms with E-state index < -0.39 is 0 Å². The first-order chi connectivity index (χ1) is 24.2. The predicted octanol–water partition coefficient (Wildman–Crippen LogP) is 13.5. The molecule has 0 amide bonds. The molecule has 0 saturated heterocycles. The van der Waals surface area contributed by atoms with Gasteiger partial charge in [0.15, 0.2) is 0 Å². The fourth-order valence-corrected chi connectivity index (χ4v) is 6.21. The van der Waals surface area contributed by atoms with Crippen LogP contribution in [0.5, 0.6) is 0 Å². The van der Waals surface area contributed by atoms with E-state index in [0.29, 0.717) is 0 Å². The van der Waals surface area contributed by atoms with Crippen LogP contribution in [0, 0.1) is 0 Å². The van der Waals surface area contributed by atoms with Crippen molar-refractivity contribution >= 4 is 16.9 Å². The summed E-state index contributed by atoms with van der Waals surface area (Å²) in [6.45, 7) is 7.94. The highest BCUT2D eigenvalue weighted by molar-refractivity contribution is 5.84. The van der Waals surface area contributed by atoms with Gasteiger partial charge in [0.25, 0.3) is 0 Å². The van der Waals surface area contributed by atoms with Crippen molar-refractivity contribution in [3.63, 3.8) is 0 Å². The Morgan fingerprint density at radius 1 is 0.367 bits per heavy atom. The van der Waals surface area contributed by atoms with Crippen LogP contribution in [-0.4, -0.2) is 0 Å². The summed E-state index contributed by atoms with van der Waals surface area (Å²) in [6, 6.07) is 62.5. The molecule has 234 valence electrons. The Labute approximate surface area is 289 Å². The molecule has 1 heteroatoms. The standard InChI is InChI=1S/C48H37N/c1-3-14-35(4-2)41-29-42(36-15-8-5-9-16-36)32-45(30-41)39-21-25-47(26-22-39)49-48-27-23-40(24-28-48)46-33-43(37-17-10-6-11-18-37)31-44(34-46)38-19-12-7-13-20-38/h3-34,49H,1-2H2/b35-14+. The second kappa shape index (κ2) is 14.5. The number of anilines is 2. The third-order valence-corrected chi connectivity index (χ3v) is 8.76. The van der Waals surface area contributed by atoms with Crippen molar-refractivity contribution in [1.82, 2.24) is 0 Å². The SMILES string of the molecule is C=C/C=C(\C=C)c1cc(-c2ccccc2)cc(-c2ccc(Nc3ccc(-c4cc(-c5ccccc5)cc(-c5ccccc5)c4)cc3)cc2)c1. The lowest BCUT2D eigenvalue weighted by Gasteiger charge is -2.13. The minimum Gasteiger partial charge on any atom is -0.356 e. The molecule has 0 aliphatic heterocycles. The van der Waals surface area contributed by atoms with Gasteiger partial charge in [0, 0.05) is 11.4 Å². The van der Waals surface area contributed by atoms with E-state index in [4.69, 9.17) is 0 Å². The van der Waals surface area contributed by atoms with Gasteiger partial charge in [-0.3, -0.25) is 0 Å². The van der Waals surface area contributed by atoms with E-state index in [-0.39, 0.29) is 0 Å². The summed E-state index contributed by atoms with van der Waals surface area (Å²) in [6.07, 6.45) is 5.69. The minimum atomic E-state index is 1.03. The van der Waals surface area contributed by atoms with Crippen molar-refractivity contribution in [2.45, 2.75) is 0 Å². The molecule has 0 aromatic heterocycles. The Morgan fingerprint density at radius 3 is 1.02 bits per heavy atom. The summed E-state index contributed by atoms with van der Waals surface area (Å²) >= 11 is 0. The number of hydrogen-bond donors (Lipinski definition) is 1. The molecule has 0 unspecified atom stereocenters. The van der Waals surface area contributed by atoms with Gasteiger partial charge in [-0.1, -0.05) is 147 Å². The maximum absolute atomic E-state index is 4.04. The molecule has 0 fully saturated rings. The average Bonchev–Trinajstić information content (AvgIpc) is 3.18. The lowest BCUT2D eigenvalue weighted by Crippen LogP contribution is -1.91. The van der Waals surface area contributed by atoms with Gasteiger partial charge in [-0.2, -0.15) is 0 Å². The van der Waals surface area contributed by atoms with Gasteiger partial charge in [-0.05, 0) is 127 Å². The molecule has 0 bridgehead atoms. The third kappa shape index (κ3) is 7.27. The van der Waals surface area contributed by atoms with Gasteiger partial charge in [0.2, 0.25) is 0 Å². The zero-order valence-corrected chi connectivity index (χ0v) is 27.4. The quantitative estimate of drug-likeness (QED) is 0.149. The fourth-order valence-electron chi connectivity index (χ4n) is 6.21. The van der Waals surface area contributed by atoms with E-state index in [1.165, 1.54) is 38.9 Å². The zero-order valence-electron chi connectivity index (χ0n) is 27.4. The second-order valence-corrected chi connectivity index (χ2v) is 12.0. The van der Waals surface area contributed by atoms with Crippen LogP contribution >= 0.6 is 0 Å². The van der Waals surface area contributed by atoms with Crippen molar-refractivity contribution in [2.75, 3.05) is 5.32 Å². The van der Waals surface area contributed by atoms with Crippen molar-refractivity contribution in [2.24, 2.45) is 0 Å². The van der Waals surface area contributed by atoms with Gasteiger partial charge < -0.3 is 5.32 Å². The van der Waals surface area contributed by atoms with Crippen LogP contribution in [0.1, 0.15) is 5.56 Å². The smallest absolute Gasteiger partial charge is 0.0384 e. The molecule has 0 saturated carbocycles. The monoisotopic (exact) mass is 627 g/mol. The number of hydrogen-bond acceptors (Lipinski definition) is 1. The van der Waals surface area contributed by atoms with Gasteiger partial charge in [-0.15, -0.1) is 0 Å². The molecule has 7 aromatic rings. The number of benzene rings is 7. The number of nitrogens with one attached hydrogen (secondary N) is 1. The first kappa shape index (κ1) is 31.2. The molecule has 7 rings (SSSR count). The summed E-state index contributed by atoms with van der Waals surface area (Å²) in [4.78, 5) is 0.